The van der Waals surface area contributed by atoms with Crippen LogP contribution in [-0.2, 0) is 14.3 Å². The first kappa shape index (κ1) is 14.0. The van der Waals surface area contributed by atoms with Crippen LogP contribution in [0.15, 0.2) is 0 Å². The highest BCUT2D eigenvalue weighted by molar-refractivity contribution is 5.86. The molecule has 1 heterocycles. The highest BCUT2D eigenvalue weighted by Crippen LogP contribution is 2.20. The molecule has 98 valence electrons. The summed E-state index contributed by atoms with van der Waals surface area (Å²) in [7, 11) is 0. The van der Waals surface area contributed by atoms with Gasteiger partial charge in [0.15, 0.2) is 0 Å². The van der Waals surface area contributed by atoms with Gasteiger partial charge in [-0.25, -0.2) is 9.59 Å². The lowest BCUT2D eigenvalue weighted by molar-refractivity contribution is -0.144. The van der Waals surface area contributed by atoms with Gasteiger partial charge in [0.25, 0.3) is 0 Å². The Hall–Kier alpha value is -1.10. The van der Waals surface area contributed by atoms with Gasteiger partial charge in [-0.1, -0.05) is 13.3 Å². The maximum atomic E-state index is 11.7. The zero-order chi connectivity index (χ0) is 13.1. The smallest absolute Gasteiger partial charge is 0.428 e. The van der Waals surface area contributed by atoms with Gasteiger partial charge in [0.1, 0.15) is 11.6 Å². The number of hydrogen-bond acceptors (Lipinski definition) is 5. The fourth-order valence-corrected chi connectivity index (χ4v) is 1.89. The third-order valence-electron chi connectivity index (χ3n) is 2.70. The molecule has 0 saturated carbocycles. The van der Waals surface area contributed by atoms with Crippen LogP contribution in [0.2, 0.25) is 0 Å². The molecule has 0 radical (unpaired) electrons. The summed E-state index contributed by atoms with van der Waals surface area (Å²) in [5.41, 5.74) is -0.648. The minimum atomic E-state index is -0.925. The molecule has 0 aromatic carbocycles. The van der Waals surface area contributed by atoms with Gasteiger partial charge in [-0.2, -0.15) is 0 Å². The van der Waals surface area contributed by atoms with Gasteiger partial charge in [-0.3, -0.25) is 0 Å². The van der Waals surface area contributed by atoms with E-state index in [0.717, 1.165) is 19.4 Å². The Bertz CT molecular complexity index is 295. The Balaban J connectivity index is 2.46. The highest BCUT2D eigenvalue weighted by atomic mass is 16.7. The van der Waals surface area contributed by atoms with E-state index >= 15 is 0 Å². The Morgan fingerprint density at radius 2 is 2.00 bits per heavy atom. The Labute approximate surface area is 102 Å². The summed E-state index contributed by atoms with van der Waals surface area (Å²) in [6, 6.07) is -0.382. The van der Waals surface area contributed by atoms with E-state index < -0.39 is 17.7 Å². The van der Waals surface area contributed by atoms with Crippen LogP contribution >= 0.6 is 0 Å². The molecule has 5 heteroatoms. The average Bonchev–Trinajstić information content (AvgIpc) is 2.61. The molecule has 0 aliphatic carbocycles. The van der Waals surface area contributed by atoms with Gasteiger partial charge >= 0.3 is 12.1 Å². The van der Waals surface area contributed by atoms with Crippen molar-refractivity contribution in [3.05, 3.63) is 0 Å². The molecule has 17 heavy (non-hydrogen) atoms. The van der Waals surface area contributed by atoms with Gasteiger partial charge in [-0.05, 0) is 39.7 Å². The van der Waals surface area contributed by atoms with E-state index in [-0.39, 0.29) is 12.0 Å². The van der Waals surface area contributed by atoms with Gasteiger partial charge in [-0.15, -0.1) is 0 Å². The van der Waals surface area contributed by atoms with E-state index in [1.807, 2.05) is 6.92 Å². The number of nitrogens with one attached hydrogen (secondary N) is 1. The number of carbonyl (C=O) groups is 2. The summed E-state index contributed by atoms with van der Waals surface area (Å²) in [5, 5.41) is 3.04. The zero-order valence-corrected chi connectivity index (χ0v) is 10.9. The second-order valence-electron chi connectivity index (χ2n) is 5.27. The minimum Gasteiger partial charge on any atom is -0.428 e. The molecule has 1 N–H and O–H groups in total. The molecular formula is C12H21NO4. The SMILES string of the molecule is CC[C@H]1CCN[C@@H]1C(=O)OC(=O)OC(C)(C)C. The summed E-state index contributed by atoms with van der Waals surface area (Å²) in [6.07, 6.45) is 0.900. The first-order valence-electron chi connectivity index (χ1n) is 6.01. The van der Waals surface area contributed by atoms with Gasteiger partial charge in [0, 0.05) is 0 Å². The molecule has 5 nitrogen and oxygen atoms in total. The van der Waals surface area contributed by atoms with Crippen molar-refractivity contribution >= 4 is 12.1 Å². The minimum absolute atomic E-state index is 0.241. The number of ether oxygens (including phenoxy) is 2. The quantitative estimate of drug-likeness (QED) is 0.592. The van der Waals surface area contributed by atoms with Gasteiger partial charge in [0.05, 0.1) is 0 Å². The van der Waals surface area contributed by atoms with Crippen molar-refractivity contribution < 1.29 is 19.1 Å². The van der Waals surface area contributed by atoms with Crippen LogP contribution in [0.1, 0.15) is 40.5 Å². The van der Waals surface area contributed by atoms with Crippen LogP contribution in [0.3, 0.4) is 0 Å². The van der Waals surface area contributed by atoms with Crippen molar-refractivity contribution in [1.29, 1.82) is 0 Å². The number of esters is 1. The average molecular weight is 243 g/mol. The van der Waals surface area contributed by atoms with E-state index in [2.05, 4.69) is 10.1 Å². The zero-order valence-electron chi connectivity index (χ0n) is 10.9. The van der Waals surface area contributed by atoms with E-state index in [1.165, 1.54) is 0 Å². The standard InChI is InChI=1S/C12H21NO4/c1-5-8-6-7-13-9(8)10(14)16-11(15)17-12(2,3)4/h8-9,13H,5-7H2,1-4H3/t8-,9-/m0/s1. The monoisotopic (exact) mass is 243 g/mol. The predicted octanol–water partition coefficient (Wildman–Crippen LogP) is 1.85. The largest absolute Gasteiger partial charge is 0.516 e. The van der Waals surface area contributed by atoms with E-state index in [0.29, 0.717) is 0 Å². The molecule has 0 aromatic rings. The molecule has 1 rings (SSSR count). The lowest BCUT2D eigenvalue weighted by Gasteiger charge is -2.20. The summed E-state index contributed by atoms with van der Waals surface area (Å²) in [6.45, 7) is 7.97. The van der Waals surface area contributed by atoms with Crippen LogP contribution in [0.5, 0.6) is 0 Å². The van der Waals surface area contributed by atoms with Crippen LogP contribution in [0.25, 0.3) is 0 Å². The van der Waals surface area contributed by atoms with Crippen molar-refractivity contribution in [3.63, 3.8) is 0 Å². The first-order chi connectivity index (χ1) is 7.83. The molecule has 1 aliphatic rings. The molecule has 0 bridgehead atoms. The maximum Gasteiger partial charge on any atom is 0.516 e. The van der Waals surface area contributed by atoms with Crippen molar-refractivity contribution in [3.8, 4) is 0 Å². The third kappa shape index (κ3) is 4.34. The first-order valence-corrected chi connectivity index (χ1v) is 6.01. The van der Waals surface area contributed by atoms with E-state index in [9.17, 15) is 9.59 Å². The lowest BCUT2D eigenvalue weighted by atomic mass is 9.98. The number of hydrogen-bond donors (Lipinski definition) is 1. The summed E-state index contributed by atoms with van der Waals surface area (Å²) >= 11 is 0. The Morgan fingerprint density at radius 3 is 2.53 bits per heavy atom. The highest BCUT2D eigenvalue weighted by Gasteiger charge is 2.34. The second-order valence-corrected chi connectivity index (χ2v) is 5.27. The molecule has 0 unspecified atom stereocenters. The summed E-state index contributed by atoms with van der Waals surface area (Å²) in [4.78, 5) is 23.1. The fraction of sp³-hybridized carbons (Fsp3) is 0.833. The Morgan fingerprint density at radius 1 is 1.35 bits per heavy atom. The van der Waals surface area contributed by atoms with Crippen molar-refractivity contribution in [1.82, 2.24) is 5.32 Å². The van der Waals surface area contributed by atoms with E-state index in [4.69, 9.17) is 4.74 Å². The molecule has 1 fully saturated rings. The fourth-order valence-electron chi connectivity index (χ4n) is 1.89. The van der Waals surface area contributed by atoms with Crippen molar-refractivity contribution in [2.75, 3.05) is 6.54 Å². The molecule has 1 saturated heterocycles. The van der Waals surface area contributed by atoms with Crippen molar-refractivity contribution in [2.24, 2.45) is 5.92 Å². The predicted molar refractivity (Wildman–Crippen MR) is 62.5 cm³/mol. The van der Waals surface area contributed by atoms with E-state index in [1.54, 1.807) is 20.8 Å². The topological polar surface area (TPSA) is 64.6 Å². The van der Waals surface area contributed by atoms with Crippen LogP contribution in [0.4, 0.5) is 4.79 Å². The lowest BCUT2D eigenvalue weighted by Crippen LogP contribution is -2.39. The molecule has 0 spiro atoms. The second kappa shape index (κ2) is 5.49. The molecule has 0 amide bonds. The van der Waals surface area contributed by atoms with Crippen LogP contribution in [-0.4, -0.2) is 30.3 Å². The Kier molecular flexibility index (Phi) is 4.51. The van der Waals surface area contributed by atoms with Gasteiger partial charge < -0.3 is 14.8 Å². The summed E-state index contributed by atoms with van der Waals surface area (Å²) in [5.74, 6) is -0.298. The number of carbonyl (C=O) groups excluding carboxylic acids is 2. The van der Waals surface area contributed by atoms with Crippen LogP contribution < -0.4 is 5.32 Å². The van der Waals surface area contributed by atoms with Gasteiger partial charge in [0.2, 0.25) is 0 Å². The normalized spacial score (nSPS) is 24.5. The molecular weight excluding hydrogens is 222 g/mol. The maximum absolute atomic E-state index is 11.7. The number of rotatable bonds is 2. The molecule has 0 aromatic heterocycles. The van der Waals surface area contributed by atoms with Crippen molar-refractivity contribution in [2.45, 2.75) is 52.2 Å². The molecule has 2 atom stereocenters. The third-order valence-corrected chi connectivity index (χ3v) is 2.70. The van der Waals surface area contributed by atoms with Crippen LogP contribution in [0, 0.1) is 5.92 Å². The molecule has 1 aliphatic heterocycles. The summed E-state index contributed by atoms with van der Waals surface area (Å²) < 4.78 is 9.61.